The molecule has 1 aliphatic rings. The Morgan fingerprint density at radius 3 is 2.72 bits per heavy atom. The molecule has 0 bridgehead atoms. The third-order valence-corrected chi connectivity index (χ3v) is 3.16. The highest BCUT2D eigenvalue weighted by Gasteiger charge is 2.06. The first-order valence-corrected chi connectivity index (χ1v) is 7.25. The van der Waals surface area contributed by atoms with Crippen LogP contribution in [0.15, 0.2) is 36.0 Å². The molecular weight excluding hydrogens is 220 g/mol. The molecule has 1 heteroatoms. The molecule has 0 atom stereocenters. The Bertz CT molecular complexity index is 321. The highest BCUT2D eigenvalue weighted by Crippen LogP contribution is 2.12. The van der Waals surface area contributed by atoms with Gasteiger partial charge in [0.1, 0.15) is 0 Å². The zero-order valence-corrected chi connectivity index (χ0v) is 11.5. The molecule has 1 radical (unpaired) electrons. The van der Waals surface area contributed by atoms with E-state index in [1.54, 1.807) is 6.08 Å². The second-order valence-corrected chi connectivity index (χ2v) is 4.81. The van der Waals surface area contributed by atoms with Crippen LogP contribution in [0.4, 0.5) is 0 Å². The Kier molecular flexibility index (Phi) is 8.20. The molecule has 0 aromatic rings. The fraction of sp³-hybridized carbons (Fsp3) is 0.529. The summed E-state index contributed by atoms with van der Waals surface area (Å²) >= 11 is 0. The zero-order valence-electron chi connectivity index (χ0n) is 11.5. The molecule has 1 rings (SSSR count). The van der Waals surface area contributed by atoms with Crippen LogP contribution in [0.25, 0.3) is 0 Å². The smallest absolute Gasteiger partial charge is 0.181 e. The molecule has 0 N–H and O–H groups in total. The Hall–Kier alpha value is -1.11. The number of rotatable bonds is 9. The number of hydrogen-bond acceptors (Lipinski definition) is 1. The van der Waals surface area contributed by atoms with E-state index in [4.69, 9.17) is 0 Å². The van der Waals surface area contributed by atoms with Gasteiger partial charge >= 0.3 is 0 Å². The molecule has 1 aliphatic carbocycles. The van der Waals surface area contributed by atoms with Crippen LogP contribution in [0, 0.1) is 6.42 Å². The summed E-state index contributed by atoms with van der Waals surface area (Å²) in [4.78, 5) is 11.8. The first kappa shape index (κ1) is 14.9. The Morgan fingerprint density at radius 2 is 2.00 bits per heavy atom. The monoisotopic (exact) mass is 245 g/mol. The number of carbonyl (C=O) groups is 1. The minimum atomic E-state index is 0.144. The minimum absolute atomic E-state index is 0.144. The van der Waals surface area contributed by atoms with Crippen molar-refractivity contribution in [1.29, 1.82) is 0 Å². The topological polar surface area (TPSA) is 17.1 Å². The average Bonchev–Trinajstić information content (AvgIpc) is 2.42. The summed E-state index contributed by atoms with van der Waals surface area (Å²) in [5.41, 5.74) is 0.830. The fourth-order valence-corrected chi connectivity index (χ4v) is 2.03. The summed E-state index contributed by atoms with van der Waals surface area (Å²) < 4.78 is 0. The van der Waals surface area contributed by atoms with Crippen molar-refractivity contribution < 1.29 is 4.79 Å². The Labute approximate surface area is 112 Å². The third kappa shape index (κ3) is 6.58. The number of ketones is 1. The standard InChI is InChI=1S/C17H25O/c1-2-3-4-5-6-7-8-12-15-17(18)16-13-10-9-11-14-16/h9-10,12-15H,2-8,11H2,1H3. The van der Waals surface area contributed by atoms with Crippen molar-refractivity contribution in [2.75, 3.05) is 0 Å². The average molecular weight is 245 g/mol. The van der Waals surface area contributed by atoms with E-state index in [2.05, 4.69) is 13.0 Å². The van der Waals surface area contributed by atoms with E-state index in [9.17, 15) is 4.79 Å². The van der Waals surface area contributed by atoms with Gasteiger partial charge in [-0.05, 0) is 31.8 Å². The minimum Gasteiger partial charge on any atom is -0.290 e. The molecule has 0 unspecified atom stereocenters. The van der Waals surface area contributed by atoms with E-state index in [0.717, 1.165) is 18.4 Å². The van der Waals surface area contributed by atoms with Gasteiger partial charge in [-0.2, -0.15) is 0 Å². The largest absolute Gasteiger partial charge is 0.290 e. The summed E-state index contributed by atoms with van der Waals surface area (Å²) in [6, 6.07) is 0. The molecule has 18 heavy (non-hydrogen) atoms. The van der Waals surface area contributed by atoms with Gasteiger partial charge in [-0.15, -0.1) is 0 Å². The second kappa shape index (κ2) is 9.87. The van der Waals surface area contributed by atoms with Gasteiger partial charge in [0.25, 0.3) is 0 Å². The van der Waals surface area contributed by atoms with Gasteiger partial charge in [-0.3, -0.25) is 4.79 Å². The maximum atomic E-state index is 11.8. The van der Waals surface area contributed by atoms with Crippen LogP contribution >= 0.6 is 0 Å². The fourth-order valence-electron chi connectivity index (χ4n) is 2.03. The molecule has 0 fully saturated rings. The molecule has 0 aromatic carbocycles. The first-order chi connectivity index (χ1) is 8.84. The molecule has 0 aliphatic heterocycles. The number of hydrogen-bond donors (Lipinski definition) is 0. The van der Waals surface area contributed by atoms with Gasteiger partial charge < -0.3 is 0 Å². The van der Waals surface area contributed by atoms with Crippen molar-refractivity contribution in [2.45, 2.75) is 58.3 Å². The van der Waals surface area contributed by atoms with Crippen LogP contribution in [-0.2, 0) is 4.79 Å². The number of unbranched alkanes of at least 4 members (excludes halogenated alkanes) is 6. The molecule has 0 aromatic heterocycles. The predicted molar refractivity (Wildman–Crippen MR) is 78.3 cm³/mol. The molecule has 0 heterocycles. The van der Waals surface area contributed by atoms with Gasteiger partial charge in [-0.25, -0.2) is 0 Å². The van der Waals surface area contributed by atoms with Crippen LogP contribution in [0.3, 0.4) is 0 Å². The van der Waals surface area contributed by atoms with E-state index in [-0.39, 0.29) is 5.78 Å². The maximum Gasteiger partial charge on any atom is 0.181 e. The molecule has 0 amide bonds. The quantitative estimate of drug-likeness (QED) is 0.415. The van der Waals surface area contributed by atoms with E-state index >= 15 is 0 Å². The van der Waals surface area contributed by atoms with E-state index in [0.29, 0.717) is 0 Å². The zero-order chi connectivity index (χ0) is 13.1. The van der Waals surface area contributed by atoms with E-state index < -0.39 is 0 Å². The summed E-state index contributed by atoms with van der Waals surface area (Å²) in [6.07, 6.45) is 21.4. The lowest BCUT2D eigenvalue weighted by Gasteiger charge is -2.03. The van der Waals surface area contributed by atoms with Crippen LogP contribution in [0.1, 0.15) is 58.3 Å². The maximum absolute atomic E-state index is 11.8. The third-order valence-electron chi connectivity index (χ3n) is 3.16. The van der Waals surface area contributed by atoms with Gasteiger partial charge in [0.2, 0.25) is 0 Å². The molecule has 0 spiro atoms. The van der Waals surface area contributed by atoms with Crippen molar-refractivity contribution in [3.05, 3.63) is 42.4 Å². The predicted octanol–water partition coefficient (Wildman–Crippen LogP) is 4.95. The van der Waals surface area contributed by atoms with Crippen molar-refractivity contribution in [1.82, 2.24) is 0 Å². The summed E-state index contributed by atoms with van der Waals surface area (Å²) in [5.74, 6) is 0.144. The lowest BCUT2D eigenvalue weighted by atomic mass is 10.0. The number of carbonyl (C=O) groups excluding carboxylic acids is 1. The van der Waals surface area contributed by atoms with Crippen molar-refractivity contribution in [2.24, 2.45) is 0 Å². The van der Waals surface area contributed by atoms with Crippen LogP contribution < -0.4 is 0 Å². The van der Waals surface area contributed by atoms with Crippen molar-refractivity contribution in [3.8, 4) is 0 Å². The summed E-state index contributed by atoms with van der Waals surface area (Å²) in [6.45, 7) is 2.24. The van der Waals surface area contributed by atoms with Crippen molar-refractivity contribution in [3.63, 3.8) is 0 Å². The van der Waals surface area contributed by atoms with Crippen LogP contribution in [-0.4, -0.2) is 5.78 Å². The first-order valence-electron chi connectivity index (χ1n) is 7.25. The Morgan fingerprint density at radius 1 is 1.22 bits per heavy atom. The summed E-state index contributed by atoms with van der Waals surface area (Å²) in [7, 11) is 0. The van der Waals surface area contributed by atoms with Crippen molar-refractivity contribution >= 4 is 5.78 Å². The Balaban J connectivity index is 2.07. The molecular formula is C17H25O. The molecule has 0 saturated carbocycles. The highest BCUT2D eigenvalue weighted by molar-refractivity contribution is 6.05. The van der Waals surface area contributed by atoms with Gasteiger partial charge in [0, 0.05) is 5.57 Å². The summed E-state index contributed by atoms with van der Waals surface area (Å²) in [5, 5.41) is 0. The van der Waals surface area contributed by atoms with Gasteiger partial charge in [0.15, 0.2) is 5.78 Å². The van der Waals surface area contributed by atoms with Gasteiger partial charge in [0.05, 0.1) is 0 Å². The SMILES string of the molecule is CCCCCCCCC=CC(=O)C1=CC=CC[CH]1. The van der Waals surface area contributed by atoms with Crippen LogP contribution in [0.2, 0.25) is 0 Å². The van der Waals surface area contributed by atoms with Gasteiger partial charge in [-0.1, -0.05) is 63.3 Å². The highest BCUT2D eigenvalue weighted by atomic mass is 16.1. The lowest BCUT2D eigenvalue weighted by Crippen LogP contribution is -2.00. The van der Waals surface area contributed by atoms with Crippen LogP contribution in [0.5, 0.6) is 0 Å². The molecule has 99 valence electrons. The lowest BCUT2D eigenvalue weighted by molar-refractivity contribution is -0.111. The molecule has 1 nitrogen and oxygen atoms in total. The van der Waals surface area contributed by atoms with E-state index in [1.165, 1.54) is 38.5 Å². The number of allylic oxidation sites excluding steroid dienone is 6. The second-order valence-electron chi connectivity index (χ2n) is 4.81. The van der Waals surface area contributed by atoms with E-state index in [1.807, 2.05) is 24.6 Å². The normalized spacial score (nSPS) is 15.1. The molecule has 0 saturated heterocycles.